The summed E-state index contributed by atoms with van der Waals surface area (Å²) in [5.74, 6) is -1.70. The van der Waals surface area contributed by atoms with E-state index in [1.54, 1.807) is 37.4 Å². The van der Waals surface area contributed by atoms with Gasteiger partial charge in [-0.05, 0) is 32.4 Å². The van der Waals surface area contributed by atoms with Gasteiger partial charge in [0.1, 0.15) is 16.5 Å². The number of nitrogens with zero attached hydrogens (tertiary/aromatic N) is 1. The van der Waals surface area contributed by atoms with Crippen molar-refractivity contribution in [2.24, 2.45) is 5.41 Å². The summed E-state index contributed by atoms with van der Waals surface area (Å²) in [6, 6.07) is 6.23. The number of thiazole rings is 1. The van der Waals surface area contributed by atoms with E-state index in [0.29, 0.717) is 17.0 Å². The van der Waals surface area contributed by atoms with Crippen LogP contribution in [-0.2, 0) is 4.79 Å². The van der Waals surface area contributed by atoms with E-state index in [1.807, 2.05) is 0 Å². The minimum Gasteiger partial charge on any atom is -0.481 e. The third-order valence-corrected chi connectivity index (χ3v) is 4.33. The zero-order chi connectivity index (χ0) is 17.0. The summed E-state index contributed by atoms with van der Waals surface area (Å²) in [5.41, 5.74) is -0.363. The number of hydrogen-bond donors (Lipinski definition) is 2. The summed E-state index contributed by atoms with van der Waals surface area (Å²) >= 11 is 1.18. The van der Waals surface area contributed by atoms with Crippen LogP contribution in [0.4, 0.5) is 4.39 Å². The first-order valence-corrected chi connectivity index (χ1v) is 7.91. The smallest absolute Gasteiger partial charge is 0.309 e. The van der Waals surface area contributed by atoms with E-state index in [0.717, 1.165) is 0 Å². The Labute approximate surface area is 137 Å². The van der Waals surface area contributed by atoms with Crippen LogP contribution in [0.5, 0.6) is 0 Å². The number of aliphatic carboxylic acids is 1. The highest BCUT2D eigenvalue weighted by atomic mass is 32.1. The fraction of sp³-hybridized carbons (Fsp3) is 0.312. The van der Waals surface area contributed by atoms with Gasteiger partial charge in [-0.25, -0.2) is 9.37 Å². The number of nitrogens with one attached hydrogen (secondary N) is 1. The van der Waals surface area contributed by atoms with E-state index >= 15 is 0 Å². The number of carbonyl (C=O) groups excluding carboxylic acids is 1. The molecule has 1 amide bonds. The summed E-state index contributed by atoms with van der Waals surface area (Å²) in [6.07, 6.45) is 0.304. The van der Waals surface area contributed by atoms with E-state index in [1.165, 1.54) is 17.4 Å². The lowest BCUT2D eigenvalue weighted by Gasteiger charge is -2.18. The maximum absolute atomic E-state index is 13.7. The third-order valence-electron chi connectivity index (χ3n) is 3.46. The fourth-order valence-corrected chi connectivity index (χ4v) is 2.65. The molecule has 0 radical (unpaired) electrons. The van der Waals surface area contributed by atoms with Gasteiger partial charge in [-0.2, -0.15) is 0 Å². The van der Waals surface area contributed by atoms with Crippen molar-refractivity contribution >= 4 is 23.2 Å². The van der Waals surface area contributed by atoms with Crippen molar-refractivity contribution in [1.29, 1.82) is 0 Å². The zero-order valence-electron chi connectivity index (χ0n) is 12.8. The van der Waals surface area contributed by atoms with Crippen molar-refractivity contribution < 1.29 is 19.1 Å². The number of halogens is 1. The number of amides is 1. The van der Waals surface area contributed by atoms with Crippen LogP contribution in [0.3, 0.4) is 0 Å². The molecule has 0 saturated heterocycles. The molecule has 0 fully saturated rings. The number of carboxylic acid groups (broad SMARTS) is 1. The van der Waals surface area contributed by atoms with E-state index in [9.17, 15) is 14.0 Å². The van der Waals surface area contributed by atoms with Crippen LogP contribution in [0.2, 0.25) is 0 Å². The van der Waals surface area contributed by atoms with Crippen LogP contribution in [0, 0.1) is 11.2 Å². The Morgan fingerprint density at radius 1 is 1.35 bits per heavy atom. The Morgan fingerprint density at radius 3 is 2.70 bits per heavy atom. The van der Waals surface area contributed by atoms with E-state index < -0.39 is 23.1 Å². The first-order chi connectivity index (χ1) is 10.8. The van der Waals surface area contributed by atoms with Gasteiger partial charge in [-0.15, -0.1) is 11.3 Å². The normalized spacial score (nSPS) is 11.3. The van der Waals surface area contributed by atoms with Crippen molar-refractivity contribution in [2.45, 2.75) is 20.3 Å². The molecule has 0 aliphatic carbocycles. The second-order valence-electron chi connectivity index (χ2n) is 5.71. The van der Waals surface area contributed by atoms with Crippen molar-refractivity contribution in [1.82, 2.24) is 10.3 Å². The molecule has 2 N–H and O–H groups in total. The van der Waals surface area contributed by atoms with Crippen LogP contribution in [0.25, 0.3) is 10.6 Å². The number of carbonyl (C=O) groups is 2. The molecule has 0 saturated carbocycles. The molecule has 5 nitrogen and oxygen atoms in total. The maximum atomic E-state index is 13.7. The standard InChI is InChI=1S/C16H17FN2O3S/c1-16(2,15(21)22)7-8-18-13(20)12-9-23-14(19-12)10-5-3-4-6-11(10)17/h3-6,9H,7-8H2,1-2H3,(H,18,20)(H,21,22). The lowest BCUT2D eigenvalue weighted by atomic mass is 9.90. The largest absolute Gasteiger partial charge is 0.481 e. The Balaban J connectivity index is 2.00. The summed E-state index contributed by atoms with van der Waals surface area (Å²) in [6.45, 7) is 3.42. The molecule has 1 heterocycles. The van der Waals surface area contributed by atoms with Gasteiger partial charge in [-0.1, -0.05) is 12.1 Å². The van der Waals surface area contributed by atoms with Gasteiger partial charge in [-0.3, -0.25) is 9.59 Å². The minimum absolute atomic E-state index is 0.196. The first-order valence-electron chi connectivity index (χ1n) is 7.03. The van der Waals surface area contributed by atoms with Crippen molar-refractivity contribution in [2.75, 3.05) is 6.54 Å². The Bertz CT molecular complexity index is 728. The quantitative estimate of drug-likeness (QED) is 0.849. The molecule has 7 heteroatoms. The molecule has 0 aliphatic heterocycles. The second-order valence-corrected chi connectivity index (χ2v) is 6.57. The molecule has 1 aromatic carbocycles. The number of benzene rings is 1. The molecule has 0 atom stereocenters. The summed E-state index contributed by atoms with van der Waals surface area (Å²) < 4.78 is 13.7. The predicted octanol–water partition coefficient (Wildman–Crippen LogP) is 3.18. The van der Waals surface area contributed by atoms with Crippen LogP contribution in [-0.4, -0.2) is 28.5 Å². The van der Waals surface area contributed by atoms with E-state index in [-0.39, 0.29) is 12.2 Å². The Morgan fingerprint density at radius 2 is 2.04 bits per heavy atom. The second kappa shape index (κ2) is 6.87. The van der Waals surface area contributed by atoms with Gasteiger partial charge in [0.05, 0.1) is 5.41 Å². The lowest BCUT2D eigenvalue weighted by Crippen LogP contribution is -2.32. The average Bonchev–Trinajstić information content (AvgIpc) is 2.97. The number of carboxylic acids is 1. The van der Waals surface area contributed by atoms with Gasteiger partial charge in [0.15, 0.2) is 0 Å². The average molecular weight is 336 g/mol. The molecule has 23 heavy (non-hydrogen) atoms. The molecule has 2 aromatic rings. The highest BCUT2D eigenvalue weighted by molar-refractivity contribution is 7.13. The predicted molar refractivity (Wildman–Crippen MR) is 85.9 cm³/mol. The van der Waals surface area contributed by atoms with Crippen LogP contribution < -0.4 is 5.32 Å². The van der Waals surface area contributed by atoms with Crippen molar-refractivity contribution in [3.8, 4) is 10.6 Å². The first kappa shape index (κ1) is 17.1. The molecule has 0 unspecified atom stereocenters. The minimum atomic E-state index is -0.915. The molecule has 0 spiro atoms. The Hall–Kier alpha value is -2.28. The molecular weight excluding hydrogens is 319 g/mol. The van der Waals surface area contributed by atoms with Crippen molar-refractivity contribution in [3.63, 3.8) is 0 Å². The highest BCUT2D eigenvalue weighted by Crippen LogP contribution is 2.26. The fourth-order valence-electron chi connectivity index (χ4n) is 1.82. The number of rotatable bonds is 6. The van der Waals surface area contributed by atoms with Gasteiger partial charge >= 0.3 is 5.97 Å². The monoisotopic (exact) mass is 336 g/mol. The van der Waals surface area contributed by atoms with Crippen LogP contribution >= 0.6 is 11.3 Å². The van der Waals surface area contributed by atoms with Gasteiger partial charge in [0.25, 0.3) is 5.91 Å². The molecular formula is C16H17FN2O3S. The molecule has 2 rings (SSSR count). The molecule has 1 aromatic heterocycles. The summed E-state index contributed by atoms with van der Waals surface area (Å²) in [4.78, 5) is 27.2. The molecule has 122 valence electrons. The summed E-state index contributed by atoms with van der Waals surface area (Å²) in [5, 5.41) is 13.6. The van der Waals surface area contributed by atoms with E-state index in [4.69, 9.17) is 5.11 Å². The van der Waals surface area contributed by atoms with Crippen molar-refractivity contribution in [3.05, 3.63) is 41.2 Å². The number of hydrogen-bond acceptors (Lipinski definition) is 4. The molecule has 0 aliphatic rings. The maximum Gasteiger partial charge on any atom is 0.309 e. The highest BCUT2D eigenvalue weighted by Gasteiger charge is 2.26. The van der Waals surface area contributed by atoms with Gasteiger partial charge in [0, 0.05) is 17.5 Å². The van der Waals surface area contributed by atoms with E-state index in [2.05, 4.69) is 10.3 Å². The zero-order valence-corrected chi connectivity index (χ0v) is 13.6. The Kier molecular flexibility index (Phi) is 5.10. The number of aromatic nitrogens is 1. The van der Waals surface area contributed by atoms with Gasteiger partial charge in [0.2, 0.25) is 0 Å². The van der Waals surface area contributed by atoms with Crippen LogP contribution in [0.15, 0.2) is 29.6 Å². The third kappa shape index (κ3) is 4.13. The van der Waals surface area contributed by atoms with Crippen LogP contribution in [0.1, 0.15) is 30.8 Å². The summed E-state index contributed by atoms with van der Waals surface area (Å²) in [7, 11) is 0. The molecule has 0 bridgehead atoms. The topological polar surface area (TPSA) is 79.3 Å². The SMILES string of the molecule is CC(C)(CCNC(=O)c1csc(-c2ccccc2F)n1)C(=O)O. The lowest BCUT2D eigenvalue weighted by molar-refractivity contribution is -0.147. The van der Waals surface area contributed by atoms with Gasteiger partial charge < -0.3 is 10.4 Å².